The molecule has 0 spiro atoms. The summed E-state index contributed by atoms with van der Waals surface area (Å²) in [5.41, 5.74) is 3.41. The summed E-state index contributed by atoms with van der Waals surface area (Å²) in [4.78, 5) is 6.97. The van der Waals surface area contributed by atoms with Gasteiger partial charge in [0.2, 0.25) is 0 Å². The number of nitrogens with one attached hydrogen (secondary N) is 1. The van der Waals surface area contributed by atoms with E-state index in [2.05, 4.69) is 29.2 Å². The van der Waals surface area contributed by atoms with E-state index in [-0.39, 0.29) is 0 Å². The highest BCUT2D eigenvalue weighted by atomic mass is 16.5. The van der Waals surface area contributed by atoms with Crippen LogP contribution in [0.5, 0.6) is 5.75 Å². The van der Waals surface area contributed by atoms with Crippen molar-refractivity contribution in [2.75, 3.05) is 33.8 Å². The maximum atomic E-state index is 5.48. The molecule has 0 unspecified atom stereocenters. The highest BCUT2D eigenvalue weighted by molar-refractivity contribution is 5.40. The van der Waals surface area contributed by atoms with Crippen molar-refractivity contribution in [3.63, 3.8) is 0 Å². The zero-order valence-corrected chi connectivity index (χ0v) is 13.2. The summed E-state index contributed by atoms with van der Waals surface area (Å²) >= 11 is 0. The number of aryl methyl sites for hydroxylation is 1. The fourth-order valence-corrected chi connectivity index (χ4v) is 3.06. The summed E-state index contributed by atoms with van der Waals surface area (Å²) in [5.74, 6) is 1.79. The number of nitrogens with zero attached hydrogens (tertiary/aromatic N) is 2. The molecule has 1 saturated heterocycles. The van der Waals surface area contributed by atoms with Crippen LogP contribution in [-0.4, -0.2) is 43.7 Å². The molecule has 2 rings (SSSR count). The molecule has 0 atom stereocenters. The van der Waals surface area contributed by atoms with E-state index in [1.54, 1.807) is 7.11 Å². The van der Waals surface area contributed by atoms with Crippen LogP contribution in [0.4, 0.5) is 0 Å². The van der Waals surface area contributed by atoms with Crippen LogP contribution in [0, 0.1) is 19.8 Å². The Morgan fingerprint density at radius 3 is 2.70 bits per heavy atom. The van der Waals surface area contributed by atoms with Crippen LogP contribution in [0.2, 0.25) is 0 Å². The van der Waals surface area contributed by atoms with Crippen molar-refractivity contribution in [1.82, 2.24) is 15.2 Å². The predicted molar refractivity (Wildman–Crippen MR) is 82.2 cm³/mol. The van der Waals surface area contributed by atoms with Gasteiger partial charge in [0.1, 0.15) is 5.75 Å². The lowest BCUT2D eigenvalue weighted by Crippen LogP contribution is -2.34. The first kappa shape index (κ1) is 15.3. The largest absolute Gasteiger partial charge is 0.496 e. The molecule has 1 aromatic heterocycles. The molecule has 112 valence electrons. The minimum atomic E-state index is 0.814. The maximum absolute atomic E-state index is 5.48. The summed E-state index contributed by atoms with van der Waals surface area (Å²) in [6.45, 7) is 8.52. The maximum Gasteiger partial charge on any atom is 0.128 e. The van der Waals surface area contributed by atoms with Crippen molar-refractivity contribution < 1.29 is 4.74 Å². The third-order valence-electron chi connectivity index (χ3n) is 4.20. The molecular weight excluding hydrogens is 250 g/mol. The number of aromatic nitrogens is 1. The lowest BCUT2D eigenvalue weighted by molar-refractivity contribution is 0.232. The minimum absolute atomic E-state index is 0.814. The molecule has 1 aliphatic rings. The van der Waals surface area contributed by atoms with E-state index in [1.165, 1.54) is 18.4 Å². The van der Waals surface area contributed by atoms with Crippen molar-refractivity contribution in [2.45, 2.75) is 33.2 Å². The molecule has 2 heterocycles. The Bertz CT molecular complexity index is 442. The fraction of sp³-hybridized carbons (Fsp3) is 0.688. The van der Waals surface area contributed by atoms with Gasteiger partial charge in [-0.15, -0.1) is 0 Å². The number of piperidine rings is 1. The van der Waals surface area contributed by atoms with Crippen LogP contribution >= 0.6 is 0 Å². The molecule has 20 heavy (non-hydrogen) atoms. The number of rotatable bonds is 5. The number of ether oxygens (including phenoxy) is 1. The number of hydrogen-bond donors (Lipinski definition) is 1. The average molecular weight is 277 g/mol. The summed E-state index contributed by atoms with van der Waals surface area (Å²) in [5, 5.41) is 3.42. The van der Waals surface area contributed by atoms with Crippen LogP contribution in [0.15, 0.2) is 6.20 Å². The van der Waals surface area contributed by atoms with Gasteiger partial charge in [-0.05, 0) is 52.7 Å². The van der Waals surface area contributed by atoms with Gasteiger partial charge in [0.05, 0.1) is 12.8 Å². The van der Waals surface area contributed by atoms with Gasteiger partial charge < -0.3 is 15.0 Å². The quantitative estimate of drug-likeness (QED) is 0.895. The molecule has 1 aromatic rings. The SMILES string of the molecule is COc1c(C)cnc(CN(C)CC2CCNCC2)c1C. The van der Waals surface area contributed by atoms with Crippen LogP contribution in [0.1, 0.15) is 29.7 Å². The van der Waals surface area contributed by atoms with Crippen molar-refractivity contribution in [3.05, 3.63) is 23.0 Å². The highest BCUT2D eigenvalue weighted by Crippen LogP contribution is 2.25. The smallest absolute Gasteiger partial charge is 0.128 e. The first-order valence-electron chi connectivity index (χ1n) is 7.50. The molecule has 1 N–H and O–H groups in total. The Morgan fingerprint density at radius 1 is 1.35 bits per heavy atom. The number of hydrogen-bond acceptors (Lipinski definition) is 4. The summed E-state index contributed by atoms with van der Waals surface area (Å²) in [6, 6.07) is 0. The summed E-state index contributed by atoms with van der Waals surface area (Å²) in [6.07, 6.45) is 4.49. The zero-order valence-electron chi connectivity index (χ0n) is 13.2. The second-order valence-electron chi connectivity index (χ2n) is 5.94. The molecule has 0 saturated carbocycles. The highest BCUT2D eigenvalue weighted by Gasteiger charge is 2.17. The Labute approximate surface area is 122 Å². The summed E-state index contributed by atoms with van der Waals surface area (Å²) < 4.78 is 5.48. The molecule has 0 aliphatic carbocycles. The zero-order chi connectivity index (χ0) is 14.5. The molecule has 4 nitrogen and oxygen atoms in total. The Hall–Kier alpha value is -1.13. The van der Waals surface area contributed by atoms with Crippen LogP contribution in [0.3, 0.4) is 0 Å². The van der Waals surface area contributed by atoms with Crippen LogP contribution in [0.25, 0.3) is 0 Å². The lowest BCUT2D eigenvalue weighted by atomic mass is 9.97. The average Bonchev–Trinajstić information content (AvgIpc) is 2.44. The monoisotopic (exact) mass is 277 g/mol. The third-order valence-corrected chi connectivity index (χ3v) is 4.20. The normalized spacial score (nSPS) is 16.6. The topological polar surface area (TPSA) is 37.4 Å². The van der Waals surface area contributed by atoms with E-state index in [9.17, 15) is 0 Å². The molecule has 0 aromatic carbocycles. The predicted octanol–water partition coefficient (Wildman–Crippen LogP) is 2.14. The Balaban J connectivity index is 1.98. The van der Waals surface area contributed by atoms with Gasteiger partial charge in [-0.1, -0.05) is 0 Å². The molecule has 4 heteroatoms. The van der Waals surface area contributed by atoms with Crippen molar-refractivity contribution in [3.8, 4) is 5.75 Å². The Kier molecular flexibility index (Phi) is 5.38. The van der Waals surface area contributed by atoms with Gasteiger partial charge in [0.15, 0.2) is 0 Å². The second kappa shape index (κ2) is 7.04. The fourth-order valence-electron chi connectivity index (χ4n) is 3.06. The van der Waals surface area contributed by atoms with Gasteiger partial charge in [0.25, 0.3) is 0 Å². The molecule has 0 amide bonds. The summed E-state index contributed by atoms with van der Waals surface area (Å²) in [7, 11) is 3.92. The number of pyridine rings is 1. The Morgan fingerprint density at radius 2 is 2.05 bits per heavy atom. The van der Waals surface area contributed by atoms with Gasteiger partial charge in [-0.25, -0.2) is 0 Å². The van der Waals surface area contributed by atoms with E-state index in [1.807, 2.05) is 13.1 Å². The van der Waals surface area contributed by atoms with E-state index in [0.717, 1.165) is 49.1 Å². The van der Waals surface area contributed by atoms with Crippen molar-refractivity contribution in [1.29, 1.82) is 0 Å². The van der Waals surface area contributed by atoms with Gasteiger partial charge >= 0.3 is 0 Å². The number of methoxy groups -OCH3 is 1. The van der Waals surface area contributed by atoms with Crippen LogP contribution in [-0.2, 0) is 6.54 Å². The molecule has 1 fully saturated rings. The second-order valence-corrected chi connectivity index (χ2v) is 5.94. The molecule has 1 aliphatic heterocycles. The van der Waals surface area contributed by atoms with Gasteiger partial charge in [-0.3, -0.25) is 4.98 Å². The first-order valence-corrected chi connectivity index (χ1v) is 7.50. The third kappa shape index (κ3) is 3.70. The standard InChI is InChI=1S/C16H27N3O/c1-12-9-18-15(13(2)16(12)20-4)11-19(3)10-14-5-7-17-8-6-14/h9,14,17H,5-8,10-11H2,1-4H3. The lowest BCUT2D eigenvalue weighted by Gasteiger charge is -2.27. The molecule has 0 radical (unpaired) electrons. The van der Waals surface area contributed by atoms with Gasteiger partial charge in [-0.2, -0.15) is 0 Å². The van der Waals surface area contributed by atoms with E-state index >= 15 is 0 Å². The minimum Gasteiger partial charge on any atom is -0.496 e. The van der Waals surface area contributed by atoms with Gasteiger partial charge in [0, 0.05) is 30.4 Å². The van der Waals surface area contributed by atoms with Crippen LogP contribution < -0.4 is 10.1 Å². The van der Waals surface area contributed by atoms with E-state index in [4.69, 9.17) is 4.74 Å². The van der Waals surface area contributed by atoms with E-state index in [0.29, 0.717) is 0 Å². The van der Waals surface area contributed by atoms with Crippen molar-refractivity contribution >= 4 is 0 Å². The first-order chi connectivity index (χ1) is 9.61. The van der Waals surface area contributed by atoms with E-state index < -0.39 is 0 Å². The molecule has 0 bridgehead atoms. The molecular formula is C16H27N3O. The van der Waals surface area contributed by atoms with Crippen molar-refractivity contribution in [2.24, 2.45) is 5.92 Å².